The van der Waals surface area contributed by atoms with E-state index in [4.69, 9.17) is 16.7 Å². The van der Waals surface area contributed by atoms with Crippen molar-refractivity contribution in [1.29, 1.82) is 0 Å². The Morgan fingerprint density at radius 2 is 2.50 bits per heavy atom. The zero-order valence-corrected chi connectivity index (χ0v) is 5.99. The number of hydrogen-bond acceptors (Lipinski definition) is 2. The van der Waals surface area contributed by atoms with E-state index in [9.17, 15) is 4.79 Å². The lowest BCUT2D eigenvalue weighted by Crippen LogP contribution is -1.88. The average molecular weight is 153 g/mol. The van der Waals surface area contributed by atoms with Crippen LogP contribution in [0, 0.1) is 0 Å². The summed E-state index contributed by atoms with van der Waals surface area (Å²) < 4.78 is 0. The van der Waals surface area contributed by atoms with Crippen LogP contribution in [-0.2, 0) is 4.79 Å². The molecule has 0 fully saturated rings. The normalized spacial score (nSPS) is 16.4. The Bertz CT molecular complexity index is 109. The molecule has 0 rings (SSSR count). The molecule has 0 aliphatic rings. The maximum absolute atomic E-state index is 9.59. The smallest absolute Gasteiger partial charge is 0.150 e. The monoisotopic (exact) mass is 152 g/mol. The lowest BCUT2D eigenvalue weighted by atomic mass is 11.2. The molecule has 0 aliphatic carbocycles. The maximum Gasteiger partial charge on any atom is 0.150 e. The van der Waals surface area contributed by atoms with E-state index in [2.05, 4.69) is 0 Å². The predicted octanol–water partition coefficient (Wildman–Crippen LogP) is 0.958. The summed E-state index contributed by atoms with van der Waals surface area (Å²) >= 11 is 5.18. The quantitative estimate of drug-likeness (QED) is 0.364. The van der Waals surface area contributed by atoms with Crippen molar-refractivity contribution in [3.8, 4) is 0 Å². The zero-order chi connectivity index (χ0) is 6.57. The van der Waals surface area contributed by atoms with E-state index in [-0.39, 0.29) is 0 Å². The number of carbonyl (C=O) groups excluding carboxylic acids is 1. The molecule has 0 aliphatic heterocycles. The molecule has 0 amide bonds. The molecule has 0 radical (unpaired) electrons. The molecule has 2 unspecified atom stereocenters. The topological polar surface area (TPSA) is 37.3 Å². The van der Waals surface area contributed by atoms with Crippen LogP contribution in [0.3, 0.4) is 0 Å². The lowest BCUT2D eigenvalue weighted by Gasteiger charge is -2.03. The van der Waals surface area contributed by atoms with Gasteiger partial charge in [0.05, 0.1) is 0 Å². The summed E-state index contributed by atoms with van der Waals surface area (Å²) in [6, 6.07) is 0. The second-order valence-corrected chi connectivity index (χ2v) is 4.02. The minimum absolute atomic E-state index is 0.867. The average Bonchev–Trinajstić information content (AvgIpc) is 1.67. The molecular formula is C4H6ClO2P. The molecule has 0 bridgehead atoms. The molecule has 0 heterocycles. The molecule has 8 heavy (non-hydrogen) atoms. The summed E-state index contributed by atoms with van der Waals surface area (Å²) in [5.74, 6) is 2.80. The molecule has 0 aromatic heterocycles. The van der Waals surface area contributed by atoms with Crippen LogP contribution < -0.4 is 0 Å². The van der Waals surface area contributed by atoms with Crippen LogP contribution in [-0.4, -0.2) is 23.0 Å². The molecule has 0 aromatic rings. The molecule has 0 spiro atoms. The second-order valence-electron chi connectivity index (χ2n) is 1.22. The van der Waals surface area contributed by atoms with Gasteiger partial charge < -0.3 is 5.11 Å². The van der Waals surface area contributed by atoms with Gasteiger partial charge in [0.15, 0.2) is 5.30 Å². The van der Waals surface area contributed by atoms with Crippen LogP contribution in [0.25, 0.3) is 0 Å². The lowest BCUT2D eigenvalue weighted by molar-refractivity contribution is 0.335. The van der Waals surface area contributed by atoms with Crippen LogP contribution in [0.5, 0.6) is 0 Å². The summed E-state index contributed by atoms with van der Waals surface area (Å²) in [5.41, 5.74) is 0. The predicted molar refractivity (Wildman–Crippen MR) is 35.0 cm³/mol. The molecule has 2 nitrogen and oxygen atoms in total. The first-order valence-electron chi connectivity index (χ1n) is 1.93. The van der Waals surface area contributed by atoms with E-state index in [0.29, 0.717) is 0 Å². The van der Waals surface area contributed by atoms with Crippen LogP contribution >= 0.6 is 19.5 Å². The number of aliphatic hydroxyl groups excluding tert-OH is 1. The molecular weight excluding hydrogens is 146 g/mol. The second kappa shape index (κ2) is 4.05. The van der Waals surface area contributed by atoms with Gasteiger partial charge in [0.2, 0.25) is 0 Å². The summed E-state index contributed by atoms with van der Waals surface area (Å²) in [6.45, 7) is 1.69. The van der Waals surface area contributed by atoms with Gasteiger partial charge in [-0.3, -0.25) is 0 Å². The maximum atomic E-state index is 9.59. The third kappa shape index (κ3) is 3.17. The third-order valence-corrected chi connectivity index (χ3v) is 2.70. The van der Waals surface area contributed by atoms with Crippen LogP contribution in [0.1, 0.15) is 0 Å². The van der Waals surface area contributed by atoms with Gasteiger partial charge >= 0.3 is 0 Å². The first-order valence-corrected chi connectivity index (χ1v) is 4.30. The van der Waals surface area contributed by atoms with Crippen molar-refractivity contribution >= 4 is 25.5 Å². The van der Waals surface area contributed by atoms with Gasteiger partial charge in [0.1, 0.15) is 5.94 Å². The standard InChI is InChI=1S/C4H6ClO2P/c1-8(3-2-6)4(5)7/h3-4,7H,1H3. The van der Waals surface area contributed by atoms with Crippen molar-refractivity contribution < 1.29 is 9.90 Å². The minimum atomic E-state index is -0.911. The molecule has 46 valence electrons. The van der Waals surface area contributed by atoms with Crippen molar-refractivity contribution in [1.82, 2.24) is 0 Å². The molecule has 0 saturated carbocycles. The van der Waals surface area contributed by atoms with E-state index >= 15 is 0 Å². The van der Waals surface area contributed by atoms with Gasteiger partial charge in [-0.25, -0.2) is 4.79 Å². The highest BCUT2D eigenvalue weighted by Gasteiger charge is 2.04. The van der Waals surface area contributed by atoms with Gasteiger partial charge in [0.25, 0.3) is 0 Å². The largest absolute Gasteiger partial charge is 0.374 e. The van der Waals surface area contributed by atoms with Gasteiger partial charge in [-0.15, -0.1) is 0 Å². The Balaban J connectivity index is 3.63. The van der Waals surface area contributed by atoms with Crippen molar-refractivity contribution in [2.75, 3.05) is 6.66 Å². The van der Waals surface area contributed by atoms with E-state index in [1.807, 2.05) is 0 Å². The fraction of sp³-hybridized carbons (Fsp3) is 0.500. The fourth-order valence-electron chi connectivity index (χ4n) is 0.145. The molecule has 0 aromatic carbocycles. The Kier molecular flexibility index (Phi) is 4.12. The summed E-state index contributed by atoms with van der Waals surface area (Å²) in [7, 11) is -0.867. The van der Waals surface area contributed by atoms with Crippen LogP contribution in [0.15, 0.2) is 5.82 Å². The van der Waals surface area contributed by atoms with Crippen LogP contribution in [0.2, 0.25) is 0 Å². The van der Waals surface area contributed by atoms with Crippen LogP contribution in [0.4, 0.5) is 0 Å². The minimum Gasteiger partial charge on any atom is -0.374 e. The van der Waals surface area contributed by atoms with Crippen molar-refractivity contribution in [3.63, 3.8) is 0 Å². The first kappa shape index (κ1) is 8.13. The third-order valence-electron chi connectivity index (χ3n) is 0.592. The first-order chi connectivity index (χ1) is 3.68. The Morgan fingerprint density at radius 1 is 2.00 bits per heavy atom. The van der Waals surface area contributed by atoms with E-state index in [0.717, 1.165) is 0 Å². The van der Waals surface area contributed by atoms with Crippen molar-refractivity contribution in [3.05, 3.63) is 5.82 Å². The van der Waals surface area contributed by atoms with Gasteiger partial charge in [-0.05, 0) is 14.6 Å². The number of aliphatic hydroxyl groups is 1. The van der Waals surface area contributed by atoms with Crippen molar-refractivity contribution in [2.45, 2.75) is 5.30 Å². The summed E-state index contributed by atoms with van der Waals surface area (Å²) in [4.78, 5) is 9.59. The number of hydrogen-bond donors (Lipinski definition) is 1. The zero-order valence-electron chi connectivity index (χ0n) is 4.34. The Labute approximate surface area is 53.9 Å². The Hall–Kier alpha value is 0.130. The van der Waals surface area contributed by atoms with Crippen molar-refractivity contribution in [2.24, 2.45) is 0 Å². The van der Waals surface area contributed by atoms with E-state index in [1.54, 1.807) is 12.6 Å². The van der Waals surface area contributed by atoms with Gasteiger partial charge in [-0.1, -0.05) is 11.6 Å². The molecule has 0 saturated heterocycles. The van der Waals surface area contributed by atoms with E-state index in [1.165, 1.54) is 5.82 Å². The van der Waals surface area contributed by atoms with Gasteiger partial charge in [0, 0.05) is 5.82 Å². The number of alkyl halides is 1. The highest BCUT2D eigenvalue weighted by Crippen LogP contribution is 2.37. The summed E-state index contributed by atoms with van der Waals surface area (Å²) in [6.07, 6.45) is 0. The highest BCUT2D eigenvalue weighted by molar-refractivity contribution is 7.62. The van der Waals surface area contributed by atoms with Gasteiger partial charge in [-0.2, -0.15) is 0 Å². The summed E-state index contributed by atoms with van der Waals surface area (Å²) in [5, 5.41) is 7.63. The Morgan fingerprint density at radius 3 is 2.62 bits per heavy atom. The number of halogens is 1. The fourth-order valence-corrected chi connectivity index (χ4v) is 0.603. The SMILES string of the molecule is CP(C=C=O)C(O)Cl. The molecule has 4 heteroatoms. The molecule has 2 atom stereocenters. The van der Waals surface area contributed by atoms with E-state index < -0.39 is 13.2 Å². The number of rotatable bonds is 2. The highest BCUT2D eigenvalue weighted by atomic mass is 35.5. The molecule has 1 N–H and O–H groups in total.